The topological polar surface area (TPSA) is 58.6 Å². The molecule has 2 aromatic carbocycles. The van der Waals surface area contributed by atoms with Gasteiger partial charge in [-0.25, -0.2) is 0 Å². The lowest BCUT2D eigenvalue weighted by Gasteiger charge is -2.21. The van der Waals surface area contributed by atoms with Gasteiger partial charge in [-0.1, -0.05) is 41.9 Å². The fraction of sp³-hybridized carbons (Fsp3) is 0.333. The zero-order valence-corrected chi connectivity index (χ0v) is 16.7. The summed E-state index contributed by atoms with van der Waals surface area (Å²) in [7, 11) is 1.53. The molecule has 2 amide bonds. The molecule has 2 aromatic rings. The molecule has 0 fully saturated rings. The number of carbonyl (C=O) groups excluding carboxylic acids is 2. The molecule has 0 heterocycles. The number of amides is 2. The minimum Gasteiger partial charge on any atom is -0.495 e. The Morgan fingerprint density at radius 2 is 1.85 bits per heavy atom. The van der Waals surface area contributed by atoms with E-state index in [-0.39, 0.29) is 18.2 Å². The molecule has 0 aliphatic carbocycles. The highest BCUT2D eigenvalue weighted by Gasteiger charge is 2.14. The van der Waals surface area contributed by atoms with Gasteiger partial charge >= 0.3 is 0 Å². The van der Waals surface area contributed by atoms with E-state index in [1.807, 2.05) is 37.3 Å². The van der Waals surface area contributed by atoms with Crippen LogP contribution in [0.5, 0.6) is 5.75 Å². The maximum absolute atomic E-state index is 12.3. The number of rotatable bonds is 8. The Bertz CT molecular complexity index is 794. The van der Waals surface area contributed by atoms with Gasteiger partial charge in [-0.15, -0.1) is 0 Å². The predicted octanol–water partition coefficient (Wildman–Crippen LogP) is 4.08. The van der Waals surface area contributed by atoms with E-state index in [0.717, 1.165) is 17.5 Å². The van der Waals surface area contributed by atoms with Gasteiger partial charge in [0.25, 0.3) is 0 Å². The summed E-state index contributed by atoms with van der Waals surface area (Å²) < 4.78 is 5.27. The van der Waals surface area contributed by atoms with Gasteiger partial charge in [0.1, 0.15) is 5.75 Å². The third kappa shape index (κ3) is 6.29. The number of halogens is 1. The van der Waals surface area contributed by atoms with Crippen LogP contribution in [0, 0.1) is 6.92 Å². The summed E-state index contributed by atoms with van der Waals surface area (Å²) in [5.41, 5.74) is 2.58. The second-order valence-electron chi connectivity index (χ2n) is 6.34. The number of hydrogen-bond acceptors (Lipinski definition) is 3. The molecule has 0 spiro atoms. The van der Waals surface area contributed by atoms with Crippen LogP contribution < -0.4 is 10.1 Å². The molecule has 0 aliphatic heterocycles. The second-order valence-corrected chi connectivity index (χ2v) is 6.75. The van der Waals surface area contributed by atoms with Gasteiger partial charge in [-0.05, 0) is 30.5 Å². The van der Waals surface area contributed by atoms with E-state index < -0.39 is 0 Å². The Labute approximate surface area is 165 Å². The van der Waals surface area contributed by atoms with Crippen LogP contribution in [0.4, 0.5) is 5.69 Å². The van der Waals surface area contributed by atoms with Crippen molar-refractivity contribution in [2.45, 2.75) is 26.7 Å². The first-order chi connectivity index (χ1) is 12.9. The van der Waals surface area contributed by atoms with Gasteiger partial charge in [0, 0.05) is 37.5 Å². The molecule has 0 saturated carbocycles. The van der Waals surface area contributed by atoms with Crippen molar-refractivity contribution < 1.29 is 14.3 Å². The molecule has 2 rings (SSSR count). The van der Waals surface area contributed by atoms with Gasteiger partial charge in [0.15, 0.2) is 0 Å². The van der Waals surface area contributed by atoms with Crippen LogP contribution in [-0.4, -0.2) is 36.9 Å². The van der Waals surface area contributed by atoms with E-state index in [1.165, 1.54) is 14.0 Å². The summed E-state index contributed by atoms with van der Waals surface area (Å²) in [6.07, 6.45) is 0.964. The smallest absolute Gasteiger partial charge is 0.226 e. The number of nitrogens with zero attached hydrogens (tertiary/aromatic N) is 1. The van der Waals surface area contributed by atoms with Crippen molar-refractivity contribution in [1.29, 1.82) is 0 Å². The first kappa shape index (κ1) is 20.8. The molecule has 0 aliphatic rings. The van der Waals surface area contributed by atoms with E-state index in [2.05, 4.69) is 5.32 Å². The molecule has 1 N–H and O–H groups in total. The molecule has 0 atom stereocenters. The number of anilines is 1. The van der Waals surface area contributed by atoms with Crippen molar-refractivity contribution in [2.24, 2.45) is 0 Å². The highest BCUT2D eigenvalue weighted by atomic mass is 35.5. The van der Waals surface area contributed by atoms with E-state index >= 15 is 0 Å². The average molecular weight is 389 g/mol. The summed E-state index contributed by atoms with van der Waals surface area (Å²) in [6.45, 7) is 4.33. The molecular weight excluding hydrogens is 364 g/mol. The van der Waals surface area contributed by atoms with Crippen molar-refractivity contribution in [2.75, 3.05) is 25.5 Å². The van der Waals surface area contributed by atoms with Crippen LogP contribution in [0.15, 0.2) is 42.5 Å². The zero-order valence-electron chi connectivity index (χ0n) is 15.9. The zero-order chi connectivity index (χ0) is 19.8. The molecular formula is C21H25ClN2O3. The Morgan fingerprint density at radius 3 is 2.48 bits per heavy atom. The highest BCUT2D eigenvalue weighted by molar-refractivity contribution is 6.31. The molecule has 6 heteroatoms. The number of aryl methyl sites for hydroxylation is 1. The molecule has 27 heavy (non-hydrogen) atoms. The largest absolute Gasteiger partial charge is 0.495 e. The van der Waals surface area contributed by atoms with Gasteiger partial charge in [0.05, 0.1) is 12.8 Å². The van der Waals surface area contributed by atoms with Gasteiger partial charge in [0.2, 0.25) is 11.8 Å². The number of methoxy groups -OCH3 is 1. The fourth-order valence-electron chi connectivity index (χ4n) is 2.71. The molecule has 0 aromatic heterocycles. The van der Waals surface area contributed by atoms with Gasteiger partial charge < -0.3 is 15.0 Å². The Hall–Kier alpha value is -2.53. The summed E-state index contributed by atoms with van der Waals surface area (Å²) >= 11 is 6.09. The van der Waals surface area contributed by atoms with Crippen molar-refractivity contribution >= 4 is 29.1 Å². The van der Waals surface area contributed by atoms with Crippen molar-refractivity contribution in [3.63, 3.8) is 0 Å². The second kappa shape index (κ2) is 9.97. The standard InChI is InChI=1S/C21H25ClN2O3/c1-15-13-19(20(27-3)14-18(15)22)23-21(26)10-12-24(16(2)25)11-9-17-7-5-4-6-8-17/h4-8,13-14H,9-12H2,1-3H3,(H,23,26). The minimum atomic E-state index is -0.180. The van der Waals surface area contributed by atoms with Crippen LogP contribution >= 0.6 is 11.6 Å². The van der Waals surface area contributed by atoms with E-state index in [0.29, 0.717) is 29.5 Å². The predicted molar refractivity (Wildman–Crippen MR) is 108 cm³/mol. The average Bonchev–Trinajstić information content (AvgIpc) is 2.65. The number of hydrogen-bond donors (Lipinski definition) is 1. The monoisotopic (exact) mass is 388 g/mol. The number of ether oxygens (including phenoxy) is 1. The fourth-order valence-corrected chi connectivity index (χ4v) is 2.87. The SMILES string of the molecule is COc1cc(Cl)c(C)cc1NC(=O)CCN(CCc1ccccc1)C(C)=O. The minimum absolute atomic E-state index is 0.0429. The van der Waals surface area contributed by atoms with Crippen LogP contribution in [0.2, 0.25) is 5.02 Å². The lowest BCUT2D eigenvalue weighted by molar-refractivity contribution is -0.129. The molecule has 0 unspecified atom stereocenters. The lowest BCUT2D eigenvalue weighted by atomic mass is 10.1. The van der Waals surface area contributed by atoms with Crippen molar-refractivity contribution in [3.8, 4) is 5.75 Å². The summed E-state index contributed by atoms with van der Waals surface area (Å²) in [5.74, 6) is 0.283. The molecule has 5 nitrogen and oxygen atoms in total. The van der Waals surface area contributed by atoms with Crippen LogP contribution in [0.1, 0.15) is 24.5 Å². The molecule has 0 radical (unpaired) electrons. The maximum atomic E-state index is 12.3. The van der Waals surface area contributed by atoms with Crippen LogP contribution in [-0.2, 0) is 16.0 Å². The van der Waals surface area contributed by atoms with E-state index in [1.54, 1.807) is 17.0 Å². The van der Waals surface area contributed by atoms with Gasteiger partial charge in [-0.2, -0.15) is 0 Å². The first-order valence-electron chi connectivity index (χ1n) is 8.84. The Morgan fingerprint density at radius 1 is 1.15 bits per heavy atom. The van der Waals surface area contributed by atoms with Gasteiger partial charge in [-0.3, -0.25) is 9.59 Å². The quantitative estimate of drug-likeness (QED) is 0.741. The van der Waals surface area contributed by atoms with Crippen molar-refractivity contribution in [3.05, 3.63) is 58.6 Å². The third-order valence-electron chi connectivity index (χ3n) is 4.32. The molecule has 144 valence electrons. The number of benzene rings is 2. The Balaban J connectivity index is 1.92. The lowest BCUT2D eigenvalue weighted by Crippen LogP contribution is -2.33. The summed E-state index contributed by atoms with van der Waals surface area (Å²) in [5, 5.41) is 3.41. The van der Waals surface area contributed by atoms with Crippen LogP contribution in [0.25, 0.3) is 0 Å². The summed E-state index contributed by atoms with van der Waals surface area (Å²) in [6, 6.07) is 13.4. The number of carbonyl (C=O) groups is 2. The number of nitrogens with one attached hydrogen (secondary N) is 1. The first-order valence-corrected chi connectivity index (χ1v) is 9.22. The van der Waals surface area contributed by atoms with E-state index in [9.17, 15) is 9.59 Å². The highest BCUT2D eigenvalue weighted by Crippen LogP contribution is 2.30. The molecule has 0 saturated heterocycles. The van der Waals surface area contributed by atoms with E-state index in [4.69, 9.17) is 16.3 Å². The third-order valence-corrected chi connectivity index (χ3v) is 4.73. The summed E-state index contributed by atoms with van der Waals surface area (Å²) in [4.78, 5) is 25.9. The Kier molecular flexibility index (Phi) is 7.67. The van der Waals surface area contributed by atoms with Crippen molar-refractivity contribution in [1.82, 2.24) is 4.90 Å². The molecule has 0 bridgehead atoms. The maximum Gasteiger partial charge on any atom is 0.226 e. The normalized spacial score (nSPS) is 10.4. The van der Waals surface area contributed by atoms with Crippen LogP contribution in [0.3, 0.4) is 0 Å².